The number of nitrogens with zero attached hydrogens (tertiary/aromatic N) is 2. The number of benzene rings is 8. The minimum Gasteiger partial charge on any atom is -0.311 e. The van der Waals surface area contributed by atoms with Crippen molar-refractivity contribution in [2.75, 3.05) is 4.90 Å². The highest BCUT2D eigenvalue weighted by Crippen LogP contribution is 2.44. The van der Waals surface area contributed by atoms with Gasteiger partial charge < -0.3 is 9.47 Å². The molecule has 1 aromatic heterocycles. The van der Waals surface area contributed by atoms with Crippen LogP contribution in [0.15, 0.2) is 194 Å². The Balaban J connectivity index is 1.23. The Hall–Kier alpha value is -6.38. The fourth-order valence-electron chi connectivity index (χ4n) is 7.16. The molecular weight excluding hydrogens is 581 g/mol. The van der Waals surface area contributed by atoms with Crippen LogP contribution in [0.2, 0.25) is 0 Å². The number of para-hydroxylation sites is 3. The first-order chi connectivity index (χ1) is 23.8. The molecule has 0 saturated heterocycles. The molecule has 0 spiro atoms. The summed E-state index contributed by atoms with van der Waals surface area (Å²) >= 11 is 0. The molecule has 0 unspecified atom stereocenters. The Kier molecular flexibility index (Phi) is 6.84. The molecule has 9 rings (SSSR count). The van der Waals surface area contributed by atoms with E-state index in [4.69, 9.17) is 0 Å². The molecule has 2 nitrogen and oxygen atoms in total. The number of rotatable bonds is 6. The zero-order valence-electron chi connectivity index (χ0n) is 26.4. The van der Waals surface area contributed by atoms with Crippen molar-refractivity contribution in [1.29, 1.82) is 0 Å². The first kappa shape index (κ1) is 27.9. The molecule has 0 fully saturated rings. The smallest absolute Gasteiger partial charge is 0.0625 e. The van der Waals surface area contributed by atoms with Crippen molar-refractivity contribution in [3.63, 3.8) is 0 Å². The summed E-state index contributed by atoms with van der Waals surface area (Å²) < 4.78 is 2.44. The minimum absolute atomic E-state index is 1.11. The first-order valence-electron chi connectivity index (χ1n) is 16.4. The molecule has 0 radical (unpaired) electrons. The van der Waals surface area contributed by atoms with Crippen molar-refractivity contribution in [1.82, 2.24) is 4.57 Å². The number of aromatic nitrogens is 1. The lowest BCUT2D eigenvalue weighted by molar-refractivity contribution is 1.18. The van der Waals surface area contributed by atoms with Crippen LogP contribution in [0.25, 0.3) is 60.5 Å². The summed E-state index contributed by atoms with van der Waals surface area (Å²) in [6, 6.07) is 69.8. The third-order valence-electron chi connectivity index (χ3n) is 9.36. The van der Waals surface area contributed by atoms with Gasteiger partial charge >= 0.3 is 0 Å². The summed E-state index contributed by atoms with van der Waals surface area (Å²) in [5, 5.41) is 5.00. The van der Waals surface area contributed by atoms with Crippen LogP contribution in [0.5, 0.6) is 0 Å². The Bertz CT molecular complexity index is 2510. The van der Waals surface area contributed by atoms with Crippen LogP contribution in [0.4, 0.5) is 17.1 Å². The number of hydrogen-bond donors (Lipinski definition) is 0. The van der Waals surface area contributed by atoms with Crippen molar-refractivity contribution in [2.24, 2.45) is 0 Å². The largest absolute Gasteiger partial charge is 0.311 e. The summed E-state index contributed by atoms with van der Waals surface area (Å²) in [4.78, 5) is 2.33. The van der Waals surface area contributed by atoms with E-state index in [9.17, 15) is 0 Å². The Morgan fingerprint density at radius 1 is 0.354 bits per heavy atom. The average molecular weight is 613 g/mol. The lowest BCUT2D eigenvalue weighted by atomic mass is 9.94. The molecule has 2 heteroatoms. The average Bonchev–Trinajstić information content (AvgIpc) is 3.49. The summed E-state index contributed by atoms with van der Waals surface area (Å²) in [6.45, 7) is 0. The van der Waals surface area contributed by atoms with Gasteiger partial charge in [-0.05, 0) is 88.1 Å². The highest BCUT2D eigenvalue weighted by atomic mass is 15.1. The monoisotopic (exact) mass is 612 g/mol. The second-order valence-electron chi connectivity index (χ2n) is 12.2. The molecular formula is C46H32N2. The SMILES string of the molecule is c1ccc(-c2ccc(N(c3ccccc3)c3ccc(-c4c5ccccc5cc5c6ccccc6n(-c6ccccc6)c45)cc3)cc2)cc1. The van der Waals surface area contributed by atoms with Gasteiger partial charge in [-0.3, -0.25) is 0 Å². The molecule has 48 heavy (non-hydrogen) atoms. The van der Waals surface area contributed by atoms with Gasteiger partial charge in [-0.15, -0.1) is 0 Å². The quantitative estimate of drug-likeness (QED) is 0.181. The standard InChI is InChI=1S/C46H32N2/c1-4-14-33(15-5-1)34-24-28-39(29-25-34)47(37-17-6-2-7-18-37)40-30-26-35(27-31-40)45-41-21-11-10-16-36(41)32-43-42-22-12-13-23-44(42)48(46(43)45)38-19-8-3-9-20-38/h1-32H. The molecule has 0 N–H and O–H groups in total. The molecule has 1 heterocycles. The van der Waals surface area contributed by atoms with E-state index in [0.29, 0.717) is 0 Å². The molecule has 0 aliphatic heterocycles. The second-order valence-corrected chi connectivity index (χ2v) is 12.2. The number of anilines is 3. The first-order valence-corrected chi connectivity index (χ1v) is 16.4. The van der Waals surface area contributed by atoms with Gasteiger partial charge in [0.25, 0.3) is 0 Å². The Morgan fingerprint density at radius 2 is 0.854 bits per heavy atom. The van der Waals surface area contributed by atoms with Crippen LogP contribution in [0, 0.1) is 0 Å². The third-order valence-corrected chi connectivity index (χ3v) is 9.36. The zero-order valence-corrected chi connectivity index (χ0v) is 26.4. The minimum atomic E-state index is 1.11. The van der Waals surface area contributed by atoms with Gasteiger partial charge in [0.15, 0.2) is 0 Å². The second kappa shape index (κ2) is 11.8. The summed E-state index contributed by atoms with van der Waals surface area (Å²) in [7, 11) is 0. The molecule has 226 valence electrons. The predicted octanol–water partition coefficient (Wildman–Crippen LogP) is 12.7. The summed E-state index contributed by atoms with van der Waals surface area (Å²) in [5.74, 6) is 0. The van der Waals surface area contributed by atoms with Gasteiger partial charge in [0.2, 0.25) is 0 Å². The molecule has 0 aliphatic rings. The van der Waals surface area contributed by atoms with E-state index in [1.165, 1.54) is 54.8 Å². The lowest BCUT2D eigenvalue weighted by Crippen LogP contribution is -2.09. The van der Waals surface area contributed by atoms with Crippen LogP contribution < -0.4 is 4.90 Å². The molecule has 0 bridgehead atoms. The van der Waals surface area contributed by atoms with Crippen LogP contribution in [-0.2, 0) is 0 Å². The van der Waals surface area contributed by atoms with Crippen molar-refractivity contribution in [2.45, 2.75) is 0 Å². The highest BCUT2D eigenvalue weighted by Gasteiger charge is 2.20. The van der Waals surface area contributed by atoms with E-state index >= 15 is 0 Å². The van der Waals surface area contributed by atoms with Gasteiger partial charge in [-0.1, -0.05) is 133 Å². The molecule has 0 saturated carbocycles. The fourth-order valence-corrected chi connectivity index (χ4v) is 7.16. The van der Waals surface area contributed by atoms with E-state index in [-0.39, 0.29) is 0 Å². The van der Waals surface area contributed by atoms with E-state index in [1.807, 2.05) is 0 Å². The topological polar surface area (TPSA) is 8.17 Å². The van der Waals surface area contributed by atoms with Crippen LogP contribution >= 0.6 is 0 Å². The van der Waals surface area contributed by atoms with Crippen LogP contribution in [-0.4, -0.2) is 4.57 Å². The normalized spacial score (nSPS) is 11.3. The van der Waals surface area contributed by atoms with E-state index in [2.05, 4.69) is 204 Å². The van der Waals surface area contributed by atoms with Crippen molar-refractivity contribution in [3.8, 4) is 27.9 Å². The van der Waals surface area contributed by atoms with E-state index < -0.39 is 0 Å². The highest BCUT2D eigenvalue weighted by molar-refractivity contribution is 6.21. The lowest BCUT2D eigenvalue weighted by Gasteiger charge is -2.26. The van der Waals surface area contributed by atoms with Gasteiger partial charge in [0, 0.05) is 39.1 Å². The van der Waals surface area contributed by atoms with Gasteiger partial charge in [0.05, 0.1) is 11.0 Å². The summed E-state index contributed by atoms with van der Waals surface area (Å²) in [5.41, 5.74) is 11.8. The van der Waals surface area contributed by atoms with Gasteiger partial charge in [0.1, 0.15) is 0 Å². The summed E-state index contributed by atoms with van der Waals surface area (Å²) in [6.07, 6.45) is 0. The number of hydrogen-bond acceptors (Lipinski definition) is 1. The van der Waals surface area contributed by atoms with Crippen molar-refractivity contribution in [3.05, 3.63) is 194 Å². The van der Waals surface area contributed by atoms with Crippen LogP contribution in [0.1, 0.15) is 0 Å². The molecule has 0 aliphatic carbocycles. The maximum atomic E-state index is 2.44. The van der Waals surface area contributed by atoms with E-state index in [1.54, 1.807) is 0 Å². The molecule has 0 amide bonds. The maximum Gasteiger partial charge on any atom is 0.0625 e. The molecule has 0 atom stereocenters. The van der Waals surface area contributed by atoms with E-state index in [0.717, 1.165) is 22.7 Å². The van der Waals surface area contributed by atoms with Gasteiger partial charge in [-0.25, -0.2) is 0 Å². The third kappa shape index (κ3) is 4.74. The predicted molar refractivity (Wildman–Crippen MR) is 204 cm³/mol. The maximum absolute atomic E-state index is 2.44. The number of fused-ring (bicyclic) bond motifs is 4. The Morgan fingerprint density at radius 3 is 1.54 bits per heavy atom. The molecule has 9 aromatic rings. The van der Waals surface area contributed by atoms with Gasteiger partial charge in [-0.2, -0.15) is 0 Å². The van der Waals surface area contributed by atoms with Crippen molar-refractivity contribution >= 4 is 49.6 Å². The zero-order chi connectivity index (χ0) is 31.9. The Labute approximate surface area is 280 Å². The van der Waals surface area contributed by atoms with Crippen LogP contribution in [0.3, 0.4) is 0 Å². The fraction of sp³-hybridized carbons (Fsp3) is 0. The van der Waals surface area contributed by atoms with Crippen molar-refractivity contribution < 1.29 is 0 Å². The molecule has 8 aromatic carbocycles.